The maximum Gasteiger partial charge on any atom is 0.266 e. The van der Waals surface area contributed by atoms with E-state index in [-0.39, 0.29) is 13.0 Å². The van der Waals surface area contributed by atoms with E-state index in [2.05, 4.69) is 0 Å². The highest BCUT2D eigenvalue weighted by molar-refractivity contribution is 5.52. The Morgan fingerprint density at radius 1 is 1.44 bits per heavy atom. The van der Waals surface area contributed by atoms with Crippen molar-refractivity contribution >= 4 is 5.69 Å². The number of anilines is 1. The van der Waals surface area contributed by atoms with E-state index >= 15 is 0 Å². The summed E-state index contributed by atoms with van der Waals surface area (Å²) in [6, 6.07) is 5.72. The minimum atomic E-state index is -2.54. The summed E-state index contributed by atoms with van der Waals surface area (Å²) in [4.78, 5) is 1.73. The van der Waals surface area contributed by atoms with E-state index in [9.17, 15) is 8.78 Å². The van der Waals surface area contributed by atoms with Gasteiger partial charge in [-0.25, -0.2) is 8.78 Å². The summed E-state index contributed by atoms with van der Waals surface area (Å²) in [5.74, 6) is -2.54. The number of rotatable bonds is 2. The topological polar surface area (TPSA) is 29.3 Å². The van der Waals surface area contributed by atoms with E-state index in [1.54, 1.807) is 4.90 Å². The molecule has 0 saturated carbocycles. The quantitative estimate of drug-likeness (QED) is 0.838. The lowest BCUT2D eigenvalue weighted by Crippen LogP contribution is -2.24. The Kier molecular flexibility index (Phi) is 2.84. The predicted octanol–water partition coefficient (Wildman–Crippen LogP) is 2.30. The normalized spacial score (nSPS) is 19.1. The van der Waals surface area contributed by atoms with Crippen LogP contribution in [0.5, 0.6) is 0 Å². The Morgan fingerprint density at radius 2 is 2.19 bits per heavy atom. The van der Waals surface area contributed by atoms with Crippen molar-refractivity contribution in [1.29, 1.82) is 0 Å². The Hall–Kier alpha value is -1.16. The lowest BCUT2D eigenvalue weighted by Gasteiger charge is -2.19. The lowest BCUT2D eigenvalue weighted by atomic mass is 10.1. The first-order valence-corrected chi connectivity index (χ1v) is 5.44. The molecule has 0 aliphatic carbocycles. The molecule has 4 heteroatoms. The van der Waals surface area contributed by atoms with Crippen LogP contribution >= 0.6 is 0 Å². The fraction of sp³-hybridized carbons (Fsp3) is 0.500. The molecule has 0 spiro atoms. The minimum Gasteiger partial charge on any atom is -0.365 e. The summed E-state index contributed by atoms with van der Waals surface area (Å²) in [5, 5.41) is 0. The first-order chi connectivity index (χ1) is 7.52. The number of nitrogens with zero attached hydrogens (tertiary/aromatic N) is 1. The van der Waals surface area contributed by atoms with Gasteiger partial charge in [0, 0.05) is 25.2 Å². The monoisotopic (exact) mass is 226 g/mol. The molecule has 16 heavy (non-hydrogen) atoms. The SMILES string of the molecule is Cc1cc(N2CCC(F)(F)C2)ccc1CN. The van der Waals surface area contributed by atoms with Crippen LogP contribution in [-0.4, -0.2) is 19.0 Å². The Bertz CT molecular complexity index is 391. The first-order valence-electron chi connectivity index (χ1n) is 5.44. The average Bonchev–Trinajstić information content (AvgIpc) is 2.59. The molecule has 0 aromatic heterocycles. The third kappa shape index (κ3) is 2.16. The van der Waals surface area contributed by atoms with Crippen molar-refractivity contribution in [3.05, 3.63) is 29.3 Å². The smallest absolute Gasteiger partial charge is 0.266 e. The predicted molar refractivity (Wildman–Crippen MR) is 60.8 cm³/mol. The highest BCUT2D eigenvalue weighted by Gasteiger charge is 2.38. The van der Waals surface area contributed by atoms with Gasteiger partial charge in [-0.3, -0.25) is 0 Å². The standard InChI is InChI=1S/C12H16F2N2/c1-9-6-11(3-2-10(9)7-15)16-5-4-12(13,14)8-16/h2-3,6H,4-5,7-8,15H2,1H3. The zero-order valence-electron chi connectivity index (χ0n) is 9.34. The average molecular weight is 226 g/mol. The van der Waals surface area contributed by atoms with Crippen molar-refractivity contribution in [3.8, 4) is 0 Å². The minimum absolute atomic E-state index is 0.0509. The molecule has 1 aliphatic rings. The molecule has 0 atom stereocenters. The molecule has 1 aliphatic heterocycles. The van der Waals surface area contributed by atoms with E-state index < -0.39 is 5.92 Å². The maximum atomic E-state index is 13.1. The summed E-state index contributed by atoms with van der Waals surface area (Å²) < 4.78 is 26.1. The van der Waals surface area contributed by atoms with E-state index in [1.807, 2.05) is 25.1 Å². The summed E-state index contributed by atoms with van der Waals surface area (Å²) in [7, 11) is 0. The number of alkyl halides is 2. The summed E-state index contributed by atoms with van der Waals surface area (Å²) >= 11 is 0. The van der Waals surface area contributed by atoms with Gasteiger partial charge >= 0.3 is 0 Å². The Balaban J connectivity index is 2.20. The molecule has 1 aromatic rings. The van der Waals surface area contributed by atoms with Crippen LogP contribution in [0.25, 0.3) is 0 Å². The number of hydrogen-bond donors (Lipinski definition) is 1. The van der Waals surface area contributed by atoms with Gasteiger partial charge in [0.15, 0.2) is 0 Å². The van der Waals surface area contributed by atoms with Crippen molar-refractivity contribution in [2.45, 2.75) is 25.8 Å². The van der Waals surface area contributed by atoms with Gasteiger partial charge in [0.2, 0.25) is 0 Å². The maximum absolute atomic E-state index is 13.1. The summed E-state index contributed by atoms with van der Waals surface area (Å²) in [5.41, 5.74) is 8.56. The van der Waals surface area contributed by atoms with Crippen molar-refractivity contribution in [1.82, 2.24) is 0 Å². The number of hydrogen-bond acceptors (Lipinski definition) is 2. The Labute approximate surface area is 94.0 Å². The van der Waals surface area contributed by atoms with Crippen LogP contribution in [0.3, 0.4) is 0 Å². The fourth-order valence-electron chi connectivity index (χ4n) is 2.06. The highest BCUT2D eigenvalue weighted by atomic mass is 19.3. The molecule has 0 bridgehead atoms. The van der Waals surface area contributed by atoms with Crippen LogP contribution in [0.4, 0.5) is 14.5 Å². The van der Waals surface area contributed by atoms with Crippen LogP contribution in [0, 0.1) is 6.92 Å². The van der Waals surface area contributed by atoms with Crippen LogP contribution < -0.4 is 10.6 Å². The molecule has 1 aromatic carbocycles. The molecule has 1 saturated heterocycles. The van der Waals surface area contributed by atoms with E-state index in [0.717, 1.165) is 16.8 Å². The van der Waals surface area contributed by atoms with Crippen molar-refractivity contribution < 1.29 is 8.78 Å². The third-order valence-electron chi connectivity index (χ3n) is 3.08. The van der Waals surface area contributed by atoms with Crippen LogP contribution in [-0.2, 0) is 6.54 Å². The molecule has 2 rings (SSSR count). The van der Waals surface area contributed by atoms with Gasteiger partial charge in [0.05, 0.1) is 6.54 Å². The van der Waals surface area contributed by atoms with Gasteiger partial charge in [0.1, 0.15) is 0 Å². The zero-order valence-corrected chi connectivity index (χ0v) is 9.34. The molecule has 88 valence electrons. The van der Waals surface area contributed by atoms with Crippen LogP contribution in [0.2, 0.25) is 0 Å². The number of halogens is 2. The number of benzene rings is 1. The van der Waals surface area contributed by atoms with E-state index in [0.29, 0.717) is 13.1 Å². The molecule has 0 radical (unpaired) electrons. The number of aryl methyl sites for hydroxylation is 1. The molecule has 1 fully saturated rings. The van der Waals surface area contributed by atoms with Crippen molar-refractivity contribution in [2.75, 3.05) is 18.0 Å². The highest BCUT2D eigenvalue weighted by Crippen LogP contribution is 2.31. The summed E-state index contributed by atoms with van der Waals surface area (Å²) in [6.07, 6.45) is -0.0509. The molecule has 2 N–H and O–H groups in total. The van der Waals surface area contributed by atoms with Gasteiger partial charge < -0.3 is 10.6 Å². The van der Waals surface area contributed by atoms with Crippen LogP contribution in [0.15, 0.2) is 18.2 Å². The number of nitrogens with two attached hydrogens (primary N) is 1. The Morgan fingerprint density at radius 3 is 2.69 bits per heavy atom. The second-order valence-corrected chi connectivity index (χ2v) is 4.34. The fourth-order valence-corrected chi connectivity index (χ4v) is 2.06. The van der Waals surface area contributed by atoms with Gasteiger partial charge in [-0.05, 0) is 30.2 Å². The first kappa shape index (κ1) is 11.3. The van der Waals surface area contributed by atoms with E-state index in [1.165, 1.54) is 0 Å². The second kappa shape index (κ2) is 4.01. The van der Waals surface area contributed by atoms with Gasteiger partial charge in [0.25, 0.3) is 5.92 Å². The zero-order chi connectivity index (χ0) is 11.8. The van der Waals surface area contributed by atoms with Gasteiger partial charge in [-0.2, -0.15) is 0 Å². The van der Waals surface area contributed by atoms with Crippen molar-refractivity contribution in [3.63, 3.8) is 0 Å². The molecule has 0 unspecified atom stereocenters. The van der Waals surface area contributed by atoms with Crippen molar-refractivity contribution in [2.24, 2.45) is 5.73 Å². The molecular formula is C12H16F2N2. The molecule has 2 nitrogen and oxygen atoms in total. The van der Waals surface area contributed by atoms with E-state index in [4.69, 9.17) is 5.73 Å². The molecule has 1 heterocycles. The summed E-state index contributed by atoms with van der Waals surface area (Å²) in [6.45, 7) is 2.70. The van der Waals surface area contributed by atoms with Gasteiger partial charge in [-0.15, -0.1) is 0 Å². The molecular weight excluding hydrogens is 210 g/mol. The van der Waals surface area contributed by atoms with Gasteiger partial charge in [-0.1, -0.05) is 6.07 Å². The molecule has 0 amide bonds. The lowest BCUT2D eigenvalue weighted by molar-refractivity contribution is 0.0257. The van der Waals surface area contributed by atoms with Crippen LogP contribution in [0.1, 0.15) is 17.5 Å². The largest absolute Gasteiger partial charge is 0.365 e. The second-order valence-electron chi connectivity index (χ2n) is 4.34. The third-order valence-corrected chi connectivity index (χ3v) is 3.08.